The Bertz CT molecular complexity index is 223. The number of rotatable bonds is 1. The molecule has 0 spiro atoms. The topological polar surface area (TPSA) is 95.4 Å². The maximum absolute atomic E-state index is 5.62. The van der Waals surface area contributed by atoms with Gasteiger partial charge in [-0.25, -0.2) is 21.6 Å². The van der Waals surface area contributed by atoms with Crippen molar-refractivity contribution in [2.75, 3.05) is 0 Å². The van der Waals surface area contributed by atoms with Gasteiger partial charge in [-0.3, -0.25) is 0 Å². The fourth-order valence-electron chi connectivity index (χ4n) is 3.21. The van der Waals surface area contributed by atoms with Crippen LogP contribution in [0.4, 0.5) is 0 Å². The number of hydrogen-bond donors (Lipinski definition) is 4. The van der Waals surface area contributed by atoms with Crippen LogP contribution in [0.5, 0.6) is 0 Å². The zero-order valence-corrected chi connectivity index (χ0v) is 11.2. The van der Waals surface area contributed by atoms with Gasteiger partial charge in [-0.2, -0.15) is 0 Å². The first kappa shape index (κ1) is 16.8. The van der Waals surface area contributed by atoms with Gasteiger partial charge in [-0.15, -0.1) is 0 Å². The summed E-state index contributed by atoms with van der Waals surface area (Å²) in [7, 11) is 0. The zero-order valence-electron chi connectivity index (χ0n) is 11.2. The van der Waals surface area contributed by atoms with E-state index >= 15 is 0 Å². The van der Waals surface area contributed by atoms with Gasteiger partial charge in [-0.1, -0.05) is 64.2 Å². The molecule has 0 bridgehead atoms. The number of hydrogen-bond acceptors (Lipinski definition) is 4. The van der Waals surface area contributed by atoms with E-state index in [1.54, 1.807) is 25.7 Å². The van der Waals surface area contributed by atoms with Gasteiger partial charge in [0.1, 0.15) is 0 Å². The summed E-state index contributed by atoms with van der Waals surface area (Å²) in [6.45, 7) is 0. The lowest BCUT2D eigenvalue weighted by molar-refractivity contribution is 0.196. The molecule has 0 amide bonds. The lowest BCUT2D eigenvalue weighted by atomic mass is 9.73. The van der Waals surface area contributed by atoms with Crippen molar-refractivity contribution < 1.29 is 0 Å². The van der Waals surface area contributed by atoms with E-state index in [2.05, 4.69) is 0 Å². The van der Waals surface area contributed by atoms with Crippen molar-refractivity contribution in [1.82, 2.24) is 0 Å². The summed E-state index contributed by atoms with van der Waals surface area (Å²) in [5, 5.41) is 22.5. The molecule has 0 aromatic heterocycles. The molecule has 4 heteroatoms. The molecule has 2 aliphatic rings. The van der Waals surface area contributed by atoms with E-state index in [0.29, 0.717) is 0 Å². The first-order valence-electron chi connectivity index (χ1n) is 6.97. The third-order valence-electron chi connectivity index (χ3n) is 3.97. The molecule has 2 saturated carbocycles. The van der Waals surface area contributed by atoms with Crippen LogP contribution in [0.15, 0.2) is 0 Å². The second-order valence-corrected chi connectivity index (χ2v) is 5.05. The van der Waals surface area contributed by atoms with E-state index in [9.17, 15) is 0 Å². The third-order valence-corrected chi connectivity index (χ3v) is 3.97. The molecule has 0 aliphatic heterocycles. The minimum atomic E-state index is 1.14. The molecule has 0 aromatic rings. The Morgan fingerprint density at radius 1 is 0.500 bits per heavy atom. The predicted molar refractivity (Wildman–Crippen MR) is 74.0 cm³/mol. The normalized spacial score (nSPS) is 20.2. The average molecular weight is 250 g/mol. The highest BCUT2D eigenvalue weighted by atomic mass is 14.4. The van der Waals surface area contributed by atoms with Gasteiger partial charge in [0.05, 0.1) is 12.0 Å². The average Bonchev–Trinajstić information content (AvgIpc) is 2.43. The van der Waals surface area contributed by atoms with Gasteiger partial charge < -0.3 is 0 Å². The zero-order chi connectivity index (χ0) is 13.6. The molecule has 18 heavy (non-hydrogen) atoms. The van der Waals surface area contributed by atoms with Crippen molar-refractivity contribution in [3.63, 3.8) is 0 Å². The first-order valence-corrected chi connectivity index (χ1v) is 6.97. The molecule has 4 nitrogen and oxygen atoms in total. The van der Waals surface area contributed by atoms with E-state index in [-0.39, 0.29) is 0 Å². The second kappa shape index (κ2) is 12.2. The highest BCUT2D eigenvalue weighted by Gasteiger charge is 2.24. The van der Waals surface area contributed by atoms with Crippen LogP contribution in [0.2, 0.25) is 0 Å². The molecule has 2 fully saturated rings. The van der Waals surface area contributed by atoms with Crippen molar-refractivity contribution in [1.29, 1.82) is 21.6 Å². The minimum absolute atomic E-state index is 1.14. The van der Waals surface area contributed by atoms with Crippen molar-refractivity contribution in [3.05, 3.63) is 0 Å². The maximum atomic E-state index is 5.62. The van der Waals surface area contributed by atoms with Crippen molar-refractivity contribution >= 4 is 12.0 Å². The second-order valence-electron chi connectivity index (χ2n) is 5.05. The van der Waals surface area contributed by atoms with Crippen molar-refractivity contribution in [2.45, 2.75) is 64.2 Å². The van der Waals surface area contributed by atoms with E-state index in [4.69, 9.17) is 21.6 Å². The van der Waals surface area contributed by atoms with Gasteiger partial charge in [0.2, 0.25) is 0 Å². The Morgan fingerprint density at radius 2 is 0.722 bits per heavy atom. The van der Waals surface area contributed by atoms with E-state index in [0.717, 1.165) is 11.8 Å². The first-order chi connectivity index (χ1) is 8.79. The van der Waals surface area contributed by atoms with Crippen LogP contribution < -0.4 is 0 Å². The molecule has 4 N–H and O–H groups in total. The van der Waals surface area contributed by atoms with Crippen molar-refractivity contribution in [2.24, 2.45) is 11.8 Å². The van der Waals surface area contributed by atoms with Gasteiger partial charge in [0.15, 0.2) is 0 Å². The standard InChI is InChI=1S/C12H22.2CH2N2/c1-3-7-11(8-4-1)12-9-5-2-6-10-12;2*2-1-3/h11-12H,1-10H2;2*2-3H. The summed E-state index contributed by atoms with van der Waals surface area (Å²) in [4.78, 5) is 0. The Kier molecular flexibility index (Phi) is 11.4. The summed E-state index contributed by atoms with van der Waals surface area (Å²) in [6.07, 6.45) is 15.4. The Hall–Kier alpha value is -1.24. The van der Waals surface area contributed by atoms with Gasteiger partial charge in [0.25, 0.3) is 0 Å². The van der Waals surface area contributed by atoms with Crippen LogP contribution in [-0.2, 0) is 0 Å². The summed E-state index contributed by atoms with van der Waals surface area (Å²) >= 11 is 0. The van der Waals surface area contributed by atoms with Gasteiger partial charge >= 0.3 is 0 Å². The van der Waals surface area contributed by atoms with Crippen molar-refractivity contribution in [3.8, 4) is 0 Å². The molecule has 0 atom stereocenters. The Morgan fingerprint density at radius 3 is 0.944 bits per heavy atom. The lowest BCUT2D eigenvalue weighted by Gasteiger charge is -2.32. The third kappa shape index (κ3) is 7.94. The Balaban J connectivity index is 0.000000414. The maximum Gasteiger partial charge on any atom is 0.0831 e. The molecule has 0 heterocycles. The molecule has 102 valence electrons. The fraction of sp³-hybridized carbons (Fsp3) is 0.857. The highest BCUT2D eigenvalue weighted by Crippen LogP contribution is 2.37. The molecule has 0 unspecified atom stereocenters. The molecule has 2 rings (SSSR count). The van der Waals surface area contributed by atoms with Crippen LogP contribution in [0.25, 0.3) is 0 Å². The van der Waals surface area contributed by atoms with Crippen LogP contribution in [0, 0.1) is 33.5 Å². The SMILES string of the molecule is C1CCC(C2CCCCC2)CC1.N=C=N.N=C=N. The van der Waals surface area contributed by atoms with Crippen LogP contribution >= 0.6 is 0 Å². The molecule has 0 aromatic carbocycles. The largest absolute Gasteiger partial charge is 0.242 e. The summed E-state index contributed by atoms with van der Waals surface area (Å²) in [5.41, 5.74) is 0. The predicted octanol–water partition coefficient (Wildman–Crippen LogP) is 4.78. The highest BCUT2D eigenvalue weighted by molar-refractivity contribution is 5.29. The molecular formula is C14H26N4. The molecular weight excluding hydrogens is 224 g/mol. The molecule has 0 radical (unpaired) electrons. The van der Waals surface area contributed by atoms with E-state index in [1.165, 1.54) is 50.5 Å². The summed E-state index contributed by atoms with van der Waals surface area (Å²) in [6, 6.07) is 2.50. The molecule has 0 saturated heterocycles. The van der Waals surface area contributed by atoms with Crippen LogP contribution in [0.1, 0.15) is 64.2 Å². The Labute approximate surface area is 110 Å². The van der Waals surface area contributed by atoms with Gasteiger partial charge in [0, 0.05) is 0 Å². The lowest BCUT2D eigenvalue weighted by Crippen LogP contribution is -2.20. The molecule has 2 aliphatic carbocycles. The monoisotopic (exact) mass is 250 g/mol. The summed E-state index contributed by atoms with van der Waals surface area (Å²) in [5.74, 6) is 2.28. The van der Waals surface area contributed by atoms with E-state index < -0.39 is 0 Å². The quantitative estimate of drug-likeness (QED) is 0.482. The van der Waals surface area contributed by atoms with Crippen LogP contribution in [0.3, 0.4) is 0 Å². The smallest absolute Gasteiger partial charge is 0.0831 e. The summed E-state index contributed by atoms with van der Waals surface area (Å²) < 4.78 is 0. The minimum Gasteiger partial charge on any atom is -0.242 e. The van der Waals surface area contributed by atoms with Gasteiger partial charge in [-0.05, 0) is 11.8 Å². The van der Waals surface area contributed by atoms with Crippen LogP contribution in [-0.4, -0.2) is 12.0 Å². The fourth-order valence-corrected chi connectivity index (χ4v) is 3.21. The number of nitrogens with one attached hydrogen (secondary N) is 4. The van der Waals surface area contributed by atoms with E-state index in [1.807, 2.05) is 0 Å².